The summed E-state index contributed by atoms with van der Waals surface area (Å²) in [7, 11) is 0. The van der Waals surface area contributed by atoms with E-state index < -0.39 is 0 Å². The molecule has 20 aromatic carbocycles. The zero-order valence-electron chi connectivity index (χ0n) is 83.2. The molecule has 0 unspecified atom stereocenters. The molecule has 0 saturated carbocycles. The average molecular weight is 1770 g/mol. The third-order valence-electron chi connectivity index (χ3n) is 29.1. The van der Waals surface area contributed by atoms with Crippen molar-refractivity contribution in [3.63, 3.8) is 0 Å². The van der Waals surface area contributed by atoms with E-state index in [9.17, 15) is 0 Å². The molecule has 0 amide bonds. The fourth-order valence-corrected chi connectivity index (χ4v) is 22.1. The first kappa shape index (κ1) is 89.9. The van der Waals surface area contributed by atoms with Crippen LogP contribution in [0.15, 0.2) is 376 Å². The highest BCUT2D eigenvalue weighted by atomic mass is 15.2. The number of rotatable bonds is 11. The Bertz CT molecular complexity index is 7620. The second-order valence-electron chi connectivity index (χ2n) is 41.5. The van der Waals surface area contributed by atoms with Gasteiger partial charge in [0.05, 0.1) is 11.4 Å². The van der Waals surface area contributed by atoms with Gasteiger partial charge >= 0.3 is 0 Å². The van der Waals surface area contributed by atoms with Gasteiger partial charge in [-0.25, -0.2) is 0 Å². The molecule has 23 rings (SSSR count). The zero-order valence-corrected chi connectivity index (χ0v) is 83.2. The van der Waals surface area contributed by atoms with Crippen molar-refractivity contribution in [1.29, 1.82) is 0 Å². The number of hydrogen-bond acceptors (Lipinski definition) is 2. The average Bonchev–Trinajstić information content (AvgIpc) is 1.64. The van der Waals surface area contributed by atoms with Crippen LogP contribution in [0.4, 0.5) is 34.1 Å². The molecule has 2 nitrogen and oxygen atoms in total. The molecule has 3 aliphatic rings. The van der Waals surface area contributed by atoms with E-state index in [2.05, 4.69) is 524 Å². The molecule has 0 fully saturated rings. The SMILES string of the molecule is Cc1ccc(N(c2ccc(-c3ccc(N(c4ccc(C)cc4)c4c(C)cc(C(C)(C)C)cc4C)cc3)cc2)c2c(C)cc(C(C)(C)C)cc2C)cc1.Cc1ccc2c(-c3ccccc3)c3c(c(-c4ccccc4)c2c1)-c1ccc(C)c2cccc-3c12.Cc1ccc2c(-c3ccccc3)c3c(c(-c4ccccc4)c2c1)-c1cccc2c(C)ccc-3c12.Cc1ccc2c(c1)C(C)(C)c1cc(C)ccc1-2. The van der Waals surface area contributed by atoms with E-state index in [1.165, 1.54) is 255 Å². The predicted molar refractivity (Wildman–Crippen MR) is 593 cm³/mol. The maximum atomic E-state index is 2.42. The first-order valence-electron chi connectivity index (χ1n) is 48.8. The Morgan fingerprint density at radius 3 is 0.759 bits per heavy atom. The van der Waals surface area contributed by atoms with Crippen LogP contribution in [0.5, 0.6) is 0 Å². The van der Waals surface area contributed by atoms with Crippen molar-refractivity contribution in [2.75, 3.05) is 9.80 Å². The second-order valence-corrected chi connectivity index (χ2v) is 41.5. The lowest BCUT2D eigenvalue weighted by Gasteiger charge is -2.31. The van der Waals surface area contributed by atoms with Crippen LogP contribution >= 0.6 is 0 Å². The van der Waals surface area contributed by atoms with Gasteiger partial charge < -0.3 is 9.80 Å². The Labute approximate surface area is 812 Å². The first-order valence-corrected chi connectivity index (χ1v) is 48.8. The Balaban J connectivity index is 0.000000119. The molecular weight excluding hydrogens is 1650 g/mol. The van der Waals surface area contributed by atoms with E-state index in [0.29, 0.717) is 0 Å². The van der Waals surface area contributed by atoms with Crippen LogP contribution in [0.25, 0.3) is 154 Å². The third-order valence-corrected chi connectivity index (χ3v) is 29.1. The minimum Gasteiger partial charge on any atom is -0.310 e. The van der Waals surface area contributed by atoms with Gasteiger partial charge in [0.1, 0.15) is 0 Å². The van der Waals surface area contributed by atoms with Gasteiger partial charge in [-0.05, 0) is 352 Å². The molecule has 672 valence electrons. The number of nitrogens with zero attached hydrogens (tertiary/aromatic N) is 2. The highest BCUT2D eigenvalue weighted by molar-refractivity contribution is 6.30. The van der Waals surface area contributed by atoms with Crippen LogP contribution < -0.4 is 9.80 Å². The van der Waals surface area contributed by atoms with E-state index in [1.54, 1.807) is 0 Å². The quantitative estimate of drug-likeness (QED) is 0.127. The standard InChI is InChI=1S/C50H56N2.2C34H24.C17H18/c1-33-13-21-43(22-14-33)51(47-35(3)29-41(30-36(47)4)49(7,8)9)45-25-17-39(18-26-45)40-19-27-46(28-20-40)52(44-23-15-34(2)16-24-44)48-37(5)31-42(32-38(48)6)50(10,11)12;1-21-16-18-26-29(20-21)31(24-12-7-4-8-13-24)33-27-15-9-14-25-22(2)17-19-28(32(25)27)34(33)30(26)23-10-5-3-6-11-23;1-21-16-18-26-29(20-21)31(24-12-7-4-8-13-24)34-28-19-17-22(2)25-14-9-15-27(32(25)28)33(34)30(26)23-10-5-3-6-11-23;1-11-5-7-13-14-8-6-12(2)10-16(14)17(3,4)15(13)9-11/h13-32H,1-12H3;2*3-20H,1-2H3;5-10H,1-4H3. The van der Waals surface area contributed by atoms with Gasteiger partial charge in [-0.2, -0.15) is 0 Å². The van der Waals surface area contributed by atoms with Crippen molar-refractivity contribution >= 4 is 77.2 Å². The number of fused-ring (bicyclic) bond motifs is 11. The summed E-state index contributed by atoms with van der Waals surface area (Å²) in [5.41, 5.74) is 55.2. The lowest BCUT2D eigenvalue weighted by atomic mass is 9.81. The molecule has 0 saturated heterocycles. The maximum absolute atomic E-state index is 2.42. The summed E-state index contributed by atoms with van der Waals surface area (Å²) in [6.07, 6.45) is 0. The fourth-order valence-electron chi connectivity index (χ4n) is 22.1. The highest BCUT2D eigenvalue weighted by Gasteiger charge is 2.37. The van der Waals surface area contributed by atoms with Gasteiger partial charge in [0.15, 0.2) is 0 Å². The maximum Gasteiger partial charge on any atom is 0.0520 e. The van der Waals surface area contributed by atoms with Crippen molar-refractivity contribution in [2.45, 2.75) is 155 Å². The summed E-state index contributed by atoms with van der Waals surface area (Å²) in [6.45, 7) is 44.9. The lowest BCUT2D eigenvalue weighted by molar-refractivity contribution is 0.589. The second kappa shape index (κ2) is 35.7. The van der Waals surface area contributed by atoms with E-state index in [-0.39, 0.29) is 16.2 Å². The number of hydrogen-bond donors (Lipinski definition) is 0. The van der Waals surface area contributed by atoms with E-state index in [0.717, 1.165) is 22.7 Å². The van der Waals surface area contributed by atoms with Gasteiger partial charge in [0.25, 0.3) is 0 Å². The van der Waals surface area contributed by atoms with Crippen LogP contribution in [-0.2, 0) is 16.2 Å². The molecule has 2 heteroatoms. The van der Waals surface area contributed by atoms with Crippen molar-refractivity contribution < 1.29 is 0 Å². The minimum absolute atomic E-state index is 0.0889. The van der Waals surface area contributed by atoms with Gasteiger partial charge in [-0.3, -0.25) is 0 Å². The zero-order chi connectivity index (χ0) is 95.4. The molecule has 20 aromatic rings. The van der Waals surface area contributed by atoms with Crippen molar-refractivity contribution in [2.24, 2.45) is 0 Å². The van der Waals surface area contributed by atoms with Gasteiger partial charge in [0, 0.05) is 28.2 Å². The molecule has 3 aliphatic carbocycles. The lowest BCUT2D eigenvalue weighted by Crippen LogP contribution is -2.16. The summed E-state index contributed by atoms with van der Waals surface area (Å²) in [4.78, 5) is 4.83. The van der Waals surface area contributed by atoms with Gasteiger partial charge in [-0.1, -0.05) is 416 Å². The third kappa shape index (κ3) is 16.4. The summed E-state index contributed by atoms with van der Waals surface area (Å²) < 4.78 is 0. The Morgan fingerprint density at radius 1 is 0.190 bits per heavy atom. The molecule has 0 atom stereocenters. The monoisotopic (exact) mass is 1770 g/mol. The van der Waals surface area contributed by atoms with Crippen molar-refractivity contribution in [3.05, 3.63) is 465 Å². The Kier molecular flexibility index (Phi) is 23.4. The molecular formula is C135H122N2. The molecule has 0 bridgehead atoms. The van der Waals surface area contributed by atoms with Crippen LogP contribution in [0, 0.1) is 83.1 Å². The topological polar surface area (TPSA) is 6.48 Å². The van der Waals surface area contributed by atoms with Gasteiger partial charge in [-0.15, -0.1) is 0 Å². The smallest absolute Gasteiger partial charge is 0.0520 e. The minimum atomic E-state index is 0.0889. The van der Waals surface area contributed by atoms with E-state index in [1.807, 2.05) is 0 Å². The number of benzene rings is 20. The molecule has 137 heavy (non-hydrogen) atoms. The summed E-state index contributed by atoms with van der Waals surface area (Å²) in [6, 6.07) is 139. The molecule has 0 spiro atoms. The van der Waals surface area contributed by atoms with E-state index in [4.69, 9.17) is 0 Å². The van der Waals surface area contributed by atoms with Crippen molar-refractivity contribution in [3.8, 4) is 111 Å². The number of aryl methyl sites for hydroxylation is 12. The predicted octanol–water partition coefficient (Wildman–Crippen LogP) is 38.5. The first-order chi connectivity index (χ1) is 65.9. The molecule has 0 heterocycles. The fraction of sp³-hybridized carbons (Fsp3) is 0.170. The molecule has 0 N–H and O–H groups in total. The van der Waals surface area contributed by atoms with Crippen LogP contribution in [-0.4, -0.2) is 0 Å². The summed E-state index contributed by atoms with van der Waals surface area (Å²) in [5.74, 6) is 0. The molecule has 0 radical (unpaired) electrons. The Morgan fingerprint density at radius 2 is 0.453 bits per heavy atom. The molecule has 0 aliphatic heterocycles. The number of anilines is 6. The van der Waals surface area contributed by atoms with Gasteiger partial charge in [0.2, 0.25) is 0 Å². The highest BCUT2D eigenvalue weighted by Crippen LogP contribution is 2.61. The van der Waals surface area contributed by atoms with Crippen LogP contribution in [0.2, 0.25) is 0 Å². The molecule has 0 aromatic heterocycles. The largest absolute Gasteiger partial charge is 0.310 e. The Hall–Kier alpha value is -15.0. The summed E-state index contributed by atoms with van der Waals surface area (Å²) >= 11 is 0. The van der Waals surface area contributed by atoms with Crippen molar-refractivity contribution in [1.82, 2.24) is 0 Å². The summed E-state index contributed by atoms with van der Waals surface area (Å²) in [5, 5.41) is 10.8. The van der Waals surface area contributed by atoms with Crippen LogP contribution in [0.3, 0.4) is 0 Å². The normalized spacial score (nSPS) is 12.3. The van der Waals surface area contributed by atoms with E-state index >= 15 is 0 Å². The van der Waals surface area contributed by atoms with Crippen LogP contribution in [0.1, 0.15) is 144 Å².